The second-order valence-corrected chi connectivity index (χ2v) is 8.66. The van der Waals surface area contributed by atoms with Gasteiger partial charge in [-0.3, -0.25) is 9.69 Å². The van der Waals surface area contributed by atoms with Crippen LogP contribution in [0.2, 0.25) is 5.02 Å². The first-order valence-electron chi connectivity index (χ1n) is 11.0. The van der Waals surface area contributed by atoms with Crippen molar-refractivity contribution in [2.24, 2.45) is 0 Å². The molecule has 2 aromatic rings. The smallest absolute Gasteiger partial charge is 0.317 e. The fourth-order valence-corrected chi connectivity index (χ4v) is 4.35. The summed E-state index contributed by atoms with van der Waals surface area (Å²) < 4.78 is 0. The second-order valence-electron chi connectivity index (χ2n) is 8.22. The molecule has 0 bridgehead atoms. The largest absolute Gasteiger partial charge is 0.334 e. The van der Waals surface area contributed by atoms with Gasteiger partial charge < -0.3 is 15.1 Å². The summed E-state index contributed by atoms with van der Waals surface area (Å²) in [6.45, 7) is 5.39. The molecule has 2 heterocycles. The number of nitrogens with zero attached hydrogens (tertiary/aromatic N) is 3. The summed E-state index contributed by atoms with van der Waals surface area (Å²) in [6.07, 6.45) is 2.47. The number of nitrogens with one attached hydrogen (secondary N) is 1. The van der Waals surface area contributed by atoms with Crippen LogP contribution in [-0.4, -0.2) is 54.5 Å². The first-order valence-corrected chi connectivity index (χ1v) is 11.4. The van der Waals surface area contributed by atoms with E-state index in [9.17, 15) is 9.59 Å². The van der Waals surface area contributed by atoms with Crippen LogP contribution in [0.4, 0.5) is 10.5 Å². The number of benzene rings is 2. The Bertz CT molecular complexity index is 918. The lowest BCUT2D eigenvalue weighted by atomic mass is 10.2. The Morgan fingerprint density at radius 1 is 0.935 bits per heavy atom. The molecule has 4 rings (SSSR count). The van der Waals surface area contributed by atoms with E-state index in [1.807, 2.05) is 46.2 Å². The van der Waals surface area contributed by atoms with Crippen LogP contribution in [0.1, 0.15) is 30.4 Å². The highest BCUT2D eigenvalue weighted by Gasteiger charge is 2.22. The zero-order valence-corrected chi connectivity index (χ0v) is 18.5. The molecule has 0 aliphatic carbocycles. The van der Waals surface area contributed by atoms with Crippen molar-refractivity contribution in [2.75, 3.05) is 37.6 Å². The summed E-state index contributed by atoms with van der Waals surface area (Å²) in [7, 11) is 0. The van der Waals surface area contributed by atoms with Gasteiger partial charge in [0.05, 0.1) is 0 Å². The highest BCUT2D eigenvalue weighted by Crippen LogP contribution is 2.22. The van der Waals surface area contributed by atoms with Crippen molar-refractivity contribution in [3.63, 3.8) is 0 Å². The third-order valence-electron chi connectivity index (χ3n) is 5.93. The van der Waals surface area contributed by atoms with Gasteiger partial charge in [-0.05, 0) is 48.2 Å². The molecule has 0 aromatic heterocycles. The maximum absolute atomic E-state index is 12.7. The maximum Gasteiger partial charge on any atom is 0.317 e. The molecule has 7 heteroatoms. The van der Waals surface area contributed by atoms with E-state index >= 15 is 0 Å². The van der Waals surface area contributed by atoms with Gasteiger partial charge in [0, 0.05) is 62.9 Å². The Balaban J connectivity index is 1.27. The zero-order chi connectivity index (χ0) is 21.6. The van der Waals surface area contributed by atoms with E-state index in [0.717, 1.165) is 61.8 Å². The van der Waals surface area contributed by atoms with E-state index in [4.69, 9.17) is 11.6 Å². The minimum absolute atomic E-state index is 0.0315. The number of carbonyl (C=O) groups excluding carboxylic acids is 2. The molecular formula is C24H29ClN4O2. The summed E-state index contributed by atoms with van der Waals surface area (Å²) >= 11 is 5.97. The van der Waals surface area contributed by atoms with Crippen molar-refractivity contribution < 1.29 is 9.59 Å². The number of carbonyl (C=O) groups is 2. The Morgan fingerprint density at radius 3 is 2.55 bits per heavy atom. The van der Waals surface area contributed by atoms with Crippen molar-refractivity contribution >= 4 is 29.2 Å². The molecule has 31 heavy (non-hydrogen) atoms. The van der Waals surface area contributed by atoms with Crippen molar-refractivity contribution in [3.05, 3.63) is 64.7 Å². The molecule has 164 valence electrons. The molecule has 0 spiro atoms. The Labute approximate surface area is 188 Å². The number of anilines is 1. The number of hydrogen-bond acceptors (Lipinski definition) is 3. The van der Waals surface area contributed by atoms with Crippen LogP contribution in [0.5, 0.6) is 0 Å². The summed E-state index contributed by atoms with van der Waals surface area (Å²) in [5.41, 5.74) is 3.16. The Kier molecular flexibility index (Phi) is 7.10. The molecule has 0 saturated carbocycles. The molecule has 3 amide bonds. The maximum atomic E-state index is 12.7. The third-order valence-corrected chi connectivity index (χ3v) is 6.19. The molecule has 0 unspecified atom stereocenters. The van der Waals surface area contributed by atoms with Crippen LogP contribution >= 0.6 is 11.6 Å². The van der Waals surface area contributed by atoms with E-state index in [-0.39, 0.29) is 11.9 Å². The SMILES string of the molecule is O=C(NCc1cccc(N2CCCC2=O)c1)N1CCCN(Cc2ccc(Cl)cc2)CC1. The van der Waals surface area contributed by atoms with Crippen LogP contribution in [0.15, 0.2) is 48.5 Å². The quantitative estimate of drug-likeness (QED) is 0.767. The first kappa shape index (κ1) is 21.7. The lowest BCUT2D eigenvalue weighted by Gasteiger charge is -2.22. The molecule has 2 aliphatic rings. The highest BCUT2D eigenvalue weighted by molar-refractivity contribution is 6.30. The molecule has 6 nitrogen and oxygen atoms in total. The predicted octanol–water partition coefficient (Wildman–Crippen LogP) is 3.88. The third kappa shape index (κ3) is 5.77. The van der Waals surface area contributed by atoms with Gasteiger partial charge in [-0.25, -0.2) is 4.79 Å². The van der Waals surface area contributed by atoms with Gasteiger partial charge in [-0.15, -0.1) is 0 Å². The van der Waals surface area contributed by atoms with E-state index in [1.165, 1.54) is 5.56 Å². The molecule has 2 aromatic carbocycles. The van der Waals surface area contributed by atoms with Crippen LogP contribution < -0.4 is 10.2 Å². The van der Waals surface area contributed by atoms with Crippen molar-refractivity contribution in [1.82, 2.24) is 15.1 Å². The summed E-state index contributed by atoms with van der Waals surface area (Å²) in [5, 5.41) is 3.80. The summed E-state index contributed by atoms with van der Waals surface area (Å²) in [4.78, 5) is 30.8. The molecule has 0 radical (unpaired) electrons. The summed E-state index contributed by atoms with van der Waals surface area (Å²) in [5.74, 6) is 0.175. The van der Waals surface area contributed by atoms with Crippen LogP contribution in [0, 0.1) is 0 Å². The minimum atomic E-state index is -0.0315. The topological polar surface area (TPSA) is 55.9 Å². The van der Waals surface area contributed by atoms with Gasteiger partial charge in [0.1, 0.15) is 0 Å². The Hall–Kier alpha value is -2.57. The van der Waals surface area contributed by atoms with Crippen LogP contribution in [-0.2, 0) is 17.9 Å². The van der Waals surface area contributed by atoms with Crippen molar-refractivity contribution in [3.8, 4) is 0 Å². The molecular weight excluding hydrogens is 412 g/mol. The van der Waals surface area contributed by atoms with E-state index in [1.54, 1.807) is 0 Å². The zero-order valence-electron chi connectivity index (χ0n) is 17.7. The van der Waals surface area contributed by atoms with Gasteiger partial charge in [0.15, 0.2) is 0 Å². The lowest BCUT2D eigenvalue weighted by Crippen LogP contribution is -2.41. The van der Waals surface area contributed by atoms with Crippen molar-refractivity contribution in [2.45, 2.75) is 32.4 Å². The fourth-order valence-electron chi connectivity index (χ4n) is 4.23. The number of hydrogen-bond donors (Lipinski definition) is 1. The van der Waals surface area contributed by atoms with Crippen molar-refractivity contribution in [1.29, 1.82) is 0 Å². The molecule has 1 N–H and O–H groups in total. The lowest BCUT2D eigenvalue weighted by molar-refractivity contribution is -0.117. The predicted molar refractivity (Wildman–Crippen MR) is 123 cm³/mol. The van der Waals surface area contributed by atoms with Gasteiger partial charge in [-0.1, -0.05) is 35.9 Å². The average Bonchev–Trinajstić information content (AvgIpc) is 3.07. The standard InChI is InChI=1S/C24H29ClN4O2/c25-21-9-7-19(8-10-21)18-27-11-3-12-28(15-14-27)24(31)26-17-20-4-1-5-22(16-20)29-13-2-6-23(29)30/h1,4-5,7-10,16H,2-3,6,11-15,17-18H2,(H,26,31). The first-order chi connectivity index (χ1) is 15.1. The monoisotopic (exact) mass is 440 g/mol. The normalized spacial score (nSPS) is 17.6. The van der Waals surface area contributed by atoms with Gasteiger partial charge in [0.25, 0.3) is 0 Å². The summed E-state index contributed by atoms with van der Waals surface area (Å²) in [6, 6.07) is 15.8. The van der Waals surface area contributed by atoms with E-state index in [2.05, 4.69) is 22.3 Å². The molecule has 2 aliphatic heterocycles. The van der Waals surface area contributed by atoms with Gasteiger partial charge in [0.2, 0.25) is 5.91 Å². The van der Waals surface area contributed by atoms with E-state index < -0.39 is 0 Å². The average molecular weight is 441 g/mol. The minimum Gasteiger partial charge on any atom is -0.334 e. The Morgan fingerprint density at radius 2 is 1.77 bits per heavy atom. The number of urea groups is 1. The van der Waals surface area contributed by atoms with Crippen LogP contribution in [0.3, 0.4) is 0 Å². The van der Waals surface area contributed by atoms with Crippen LogP contribution in [0.25, 0.3) is 0 Å². The highest BCUT2D eigenvalue weighted by atomic mass is 35.5. The number of rotatable bonds is 5. The fraction of sp³-hybridized carbons (Fsp3) is 0.417. The molecule has 0 atom stereocenters. The van der Waals surface area contributed by atoms with Gasteiger partial charge >= 0.3 is 6.03 Å². The van der Waals surface area contributed by atoms with E-state index in [0.29, 0.717) is 19.5 Å². The van der Waals surface area contributed by atoms with Gasteiger partial charge in [-0.2, -0.15) is 0 Å². The number of halogens is 1. The molecule has 2 saturated heterocycles. The molecule has 2 fully saturated rings. The number of amides is 3. The second kappa shape index (κ2) is 10.2.